The highest BCUT2D eigenvalue weighted by Gasteiger charge is 2.18. The van der Waals surface area contributed by atoms with Gasteiger partial charge < -0.3 is 10.8 Å². The molecule has 3 N–H and O–H groups in total. The SMILES string of the molecule is CC(C)(C)c1ccc(C(=O)CC(N)C(=O)O)cc1. The molecule has 98 valence electrons. The standard InChI is InChI=1S/C14H19NO3/c1-14(2,3)10-6-4-9(5-7-10)12(16)8-11(15)13(17)18/h4-7,11H,8,15H2,1-3H3,(H,17,18). The number of carboxylic acid groups (broad SMARTS) is 1. The largest absolute Gasteiger partial charge is 0.480 e. The molecule has 1 rings (SSSR count). The van der Waals surface area contributed by atoms with Gasteiger partial charge in [0.2, 0.25) is 0 Å². The van der Waals surface area contributed by atoms with E-state index in [0.29, 0.717) is 5.56 Å². The van der Waals surface area contributed by atoms with E-state index in [1.807, 2.05) is 12.1 Å². The number of carboxylic acids is 1. The fourth-order valence-corrected chi connectivity index (χ4v) is 1.56. The molecule has 0 aromatic heterocycles. The van der Waals surface area contributed by atoms with Crippen molar-refractivity contribution in [3.63, 3.8) is 0 Å². The number of benzene rings is 1. The van der Waals surface area contributed by atoms with Gasteiger partial charge in [-0.25, -0.2) is 0 Å². The van der Waals surface area contributed by atoms with Crippen molar-refractivity contribution in [2.24, 2.45) is 5.73 Å². The van der Waals surface area contributed by atoms with Crippen LogP contribution in [0.3, 0.4) is 0 Å². The Morgan fingerprint density at radius 3 is 2.11 bits per heavy atom. The molecule has 0 amide bonds. The van der Waals surface area contributed by atoms with Gasteiger partial charge in [0.15, 0.2) is 5.78 Å². The van der Waals surface area contributed by atoms with E-state index < -0.39 is 12.0 Å². The molecule has 0 saturated heterocycles. The minimum atomic E-state index is -1.16. The summed E-state index contributed by atoms with van der Waals surface area (Å²) < 4.78 is 0. The second-order valence-corrected chi connectivity index (χ2v) is 5.40. The molecule has 4 heteroatoms. The summed E-state index contributed by atoms with van der Waals surface area (Å²) in [5.41, 5.74) is 6.99. The van der Waals surface area contributed by atoms with Gasteiger partial charge in [0.25, 0.3) is 0 Å². The zero-order valence-corrected chi connectivity index (χ0v) is 10.9. The smallest absolute Gasteiger partial charge is 0.320 e. The zero-order valence-electron chi connectivity index (χ0n) is 10.9. The molecule has 18 heavy (non-hydrogen) atoms. The summed E-state index contributed by atoms with van der Waals surface area (Å²) in [6, 6.07) is 6.08. The number of nitrogens with two attached hydrogens (primary N) is 1. The van der Waals surface area contributed by atoms with Crippen LogP contribution < -0.4 is 5.73 Å². The number of carbonyl (C=O) groups is 2. The summed E-state index contributed by atoms with van der Waals surface area (Å²) in [5.74, 6) is -1.40. The summed E-state index contributed by atoms with van der Waals surface area (Å²) in [7, 11) is 0. The summed E-state index contributed by atoms with van der Waals surface area (Å²) in [6.07, 6.45) is -0.176. The summed E-state index contributed by atoms with van der Waals surface area (Å²) in [5, 5.41) is 8.65. The van der Waals surface area contributed by atoms with Crippen LogP contribution in [0, 0.1) is 0 Å². The van der Waals surface area contributed by atoms with Crippen molar-refractivity contribution in [1.82, 2.24) is 0 Å². The molecule has 0 fully saturated rings. The Kier molecular flexibility index (Phi) is 4.24. The highest BCUT2D eigenvalue weighted by atomic mass is 16.4. The molecule has 0 heterocycles. The molecule has 4 nitrogen and oxygen atoms in total. The van der Waals surface area contributed by atoms with E-state index >= 15 is 0 Å². The maximum absolute atomic E-state index is 11.8. The Bertz CT molecular complexity index is 443. The topological polar surface area (TPSA) is 80.4 Å². The number of aliphatic carboxylic acids is 1. The van der Waals surface area contributed by atoms with Gasteiger partial charge in [-0.05, 0) is 11.0 Å². The van der Waals surface area contributed by atoms with Crippen LogP contribution in [0.2, 0.25) is 0 Å². The first-order chi connectivity index (χ1) is 8.21. The summed E-state index contributed by atoms with van der Waals surface area (Å²) in [6.45, 7) is 6.26. The van der Waals surface area contributed by atoms with Crippen molar-refractivity contribution in [3.05, 3.63) is 35.4 Å². The van der Waals surface area contributed by atoms with Gasteiger partial charge >= 0.3 is 5.97 Å². The van der Waals surface area contributed by atoms with Crippen LogP contribution in [0.5, 0.6) is 0 Å². The molecular weight excluding hydrogens is 230 g/mol. The lowest BCUT2D eigenvalue weighted by Crippen LogP contribution is -2.32. The van der Waals surface area contributed by atoms with E-state index in [2.05, 4.69) is 20.8 Å². The van der Waals surface area contributed by atoms with Crippen molar-refractivity contribution in [3.8, 4) is 0 Å². The molecule has 0 bridgehead atoms. The maximum atomic E-state index is 11.8. The van der Waals surface area contributed by atoms with E-state index in [4.69, 9.17) is 10.8 Å². The van der Waals surface area contributed by atoms with Crippen molar-refractivity contribution in [1.29, 1.82) is 0 Å². The number of carbonyl (C=O) groups excluding carboxylic acids is 1. The highest BCUT2D eigenvalue weighted by Crippen LogP contribution is 2.22. The Morgan fingerprint density at radius 2 is 1.72 bits per heavy atom. The average molecular weight is 249 g/mol. The molecule has 0 aliphatic rings. The molecule has 1 atom stereocenters. The van der Waals surface area contributed by atoms with Gasteiger partial charge in [0, 0.05) is 12.0 Å². The zero-order chi connectivity index (χ0) is 13.9. The molecular formula is C14H19NO3. The second-order valence-electron chi connectivity index (χ2n) is 5.40. The Balaban J connectivity index is 2.80. The van der Waals surface area contributed by atoms with E-state index in [9.17, 15) is 9.59 Å². The van der Waals surface area contributed by atoms with Gasteiger partial charge in [0.05, 0.1) is 0 Å². The molecule has 0 aliphatic carbocycles. The number of ketones is 1. The first-order valence-corrected chi connectivity index (χ1v) is 5.84. The predicted octanol–water partition coefficient (Wildman–Crippen LogP) is 1.97. The first-order valence-electron chi connectivity index (χ1n) is 5.84. The van der Waals surface area contributed by atoms with Crippen LogP contribution >= 0.6 is 0 Å². The quantitative estimate of drug-likeness (QED) is 0.799. The molecule has 1 aromatic carbocycles. The lowest BCUT2D eigenvalue weighted by molar-refractivity contribution is -0.138. The highest BCUT2D eigenvalue weighted by molar-refractivity contribution is 5.98. The molecule has 0 aliphatic heterocycles. The Morgan fingerprint density at radius 1 is 1.22 bits per heavy atom. The third-order valence-electron chi connectivity index (χ3n) is 2.80. The number of rotatable bonds is 4. The molecule has 1 aromatic rings. The normalized spacial score (nSPS) is 13.1. The van der Waals surface area contributed by atoms with Gasteiger partial charge in [-0.3, -0.25) is 9.59 Å². The van der Waals surface area contributed by atoms with Gasteiger partial charge in [0.1, 0.15) is 6.04 Å². The second kappa shape index (κ2) is 5.31. The van der Waals surface area contributed by atoms with Crippen LogP contribution in [0.1, 0.15) is 43.1 Å². The minimum absolute atomic E-state index is 0.0268. The maximum Gasteiger partial charge on any atom is 0.320 e. The molecule has 0 radical (unpaired) electrons. The molecule has 0 spiro atoms. The average Bonchev–Trinajstić information content (AvgIpc) is 2.27. The van der Waals surface area contributed by atoms with E-state index in [0.717, 1.165) is 5.56 Å². The predicted molar refractivity (Wildman–Crippen MR) is 69.7 cm³/mol. The number of hydrogen-bond acceptors (Lipinski definition) is 3. The lowest BCUT2D eigenvalue weighted by Gasteiger charge is -2.19. The van der Waals surface area contributed by atoms with Crippen LogP contribution in [0.25, 0.3) is 0 Å². The number of hydrogen-bond donors (Lipinski definition) is 2. The third-order valence-corrected chi connectivity index (χ3v) is 2.80. The summed E-state index contributed by atoms with van der Waals surface area (Å²) >= 11 is 0. The van der Waals surface area contributed by atoms with Crippen LogP contribution in [0.4, 0.5) is 0 Å². The number of Topliss-reactive ketones (excluding diaryl/α,β-unsaturated/α-hetero) is 1. The van der Waals surface area contributed by atoms with Gasteiger partial charge in [-0.2, -0.15) is 0 Å². The summed E-state index contributed by atoms with van der Waals surface area (Å²) in [4.78, 5) is 22.4. The van der Waals surface area contributed by atoms with Crippen LogP contribution in [0.15, 0.2) is 24.3 Å². The van der Waals surface area contributed by atoms with Crippen LogP contribution in [-0.4, -0.2) is 22.9 Å². The molecule has 0 saturated carbocycles. The van der Waals surface area contributed by atoms with Crippen molar-refractivity contribution >= 4 is 11.8 Å². The Labute approximate surface area is 107 Å². The van der Waals surface area contributed by atoms with Crippen molar-refractivity contribution in [2.45, 2.75) is 38.6 Å². The van der Waals surface area contributed by atoms with E-state index in [-0.39, 0.29) is 17.6 Å². The fourth-order valence-electron chi connectivity index (χ4n) is 1.56. The van der Waals surface area contributed by atoms with E-state index in [1.54, 1.807) is 12.1 Å². The van der Waals surface area contributed by atoms with Gasteiger partial charge in [-0.15, -0.1) is 0 Å². The Hall–Kier alpha value is -1.68. The third kappa shape index (κ3) is 3.67. The van der Waals surface area contributed by atoms with E-state index in [1.165, 1.54) is 0 Å². The fraction of sp³-hybridized carbons (Fsp3) is 0.429. The monoisotopic (exact) mass is 249 g/mol. The van der Waals surface area contributed by atoms with Crippen molar-refractivity contribution < 1.29 is 14.7 Å². The van der Waals surface area contributed by atoms with Crippen LogP contribution in [-0.2, 0) is 10.2 Å². The van der Waals surface area contributed by atoms with Crippen molar-refractivity contribution in [2.75, 3.05) is 0 Å². The lowest BCUT2D eigenvalue weighted by atomic mass is 9.86. The molecule has 1 unspecified atom stereocenters. The van der Waals surface area contributed by atoms with Gasteiger partial charge in [-0.1, -0.05) is 45.0 Å². The first kappa shape index (κ1) is 14.4. The minimum Gasteiger partial charge on any atom is -0.480 e.